The molecule has 0 spiro atoms. The van der Waals surface area contributed by atoms with Gasteiger partial charge in [-0.25, -0.2) is 0 Å². The summed E-state index contributed by atoms with van der Waals surface area (Å²) >= 11 is 0. The van der Waals surface area contributed by atoms with Gasteiger partial charge in [-0.1, -0.05) is 12.1 Å². The third kappa shape index (κ3) is 2.72. The lowest BCUT2D eigenvalue weighted by atomic mass is 9.70. The number of benzene rings is 1. The second-order valence-corrected chi connectivity index (χ2v) is 7.53. The second-order valence-electron chi connectivity index (χ2n) is 7.53. The maximum Gasteiger partial charge on any atom is 0.148 e. The van der Waals surface area contributed by atoms with Gasteiger partial charge in [0.2, 0.25) is 0 Å². The van der Waals surface area contributed by atoms with E-state index in [0.29, 0.717) is 5.92 Å². The molecular weight excluding hydrogens is 338 g/mol. The molecule has 3 N–H and O–H groups in total. The molecule has 1 fully saturated rings. The van der Waals surface area contributed by atoms with Gasteiger partial charge in [0.25, 0.3) is 0 Å². The molecular formula is C21H23N5O. The van der Waals surface area contributed by atoms with Crippen molar-refractivity contribution in [1.29, 1.82) is 0 Å². The zero-order valence-corrected chi connectivity index (χ0v) is 15.1. The Kier molecular flexibility index (Phi) is 4.13. The van der Waals surface area contributed by atoms with Crippen molar-refractivity contribution in [3.8, 4) is 0 Å². The minimum absolute atomic E-state index is 0.146. The van der Waals surface area contributed by atoms with Gasteiger partial charge in [0, 0.05) is 29.6 Å². The number of nitrogens with zero attached hydrogens (tertiary/aromatic N) is 2. The van der Waals surface area contributed by atoms with Gasteiger partial charge in [0.1, 0.15) is 12.3 Å². The van der Waals surface area contributed by atoms with E-state index in [-0.39, 0.29) is 18.0 Å². The van der Waals surface area contributed by atoms with Crippen LogP contribution in [0.25, 0.3) is 0 Å². The fraction of sp³-hybridized carbons (Fsp3) is 0.381. The summed E-state index contributed by atoms with van der Waals surface area (Å²) < 4.78 is 0. The zero-order chi connectivity index (χ0) is 18.2. The van der Waals surface area contributed by atoms with Crippen molar-refractivity contribution < 1.29 is 4.79 Å². The molecule has 4 heterocycles. The lowest BCUT2D eigenvalue weighted by molar-refractivity contribution is -0.109. The normalized spacial score (nSPS) is 27.0. The summed E-state index contributed by atoms with van der Waals surface area (Å²) in [6.45, 7) is 2.08. The van der Waals surface area contributed by atoms with Crippen molar-refractivity contribution in [2.75, 3.05) is 18.4 Å². The van der Waals surface area contributed by atoms with E-state index in [1.54, 1.807) is 0 Å². The summed E-state index contributed by atoms with van der Waals surface area (Å²) in [4.78, 5) is 15.7. The minimum atomic E-state index is -0.378. The maximum atomic E-state index is 11.5. The van der Waals surface area contributed by atoms with Crippen LogP contribution in [0.3, 0.4) is 0 Å². The standard InChI is InChI=1S/C21H23N5O/c27-12-17-15-2-1-3-16-19(15)21(26-25-17)18(13-4-8-22-9-5-13)20(24-16)14-6-10-23-11-7-14/h1-3,6-7,10-13,17-18,20,22,24-25H,4-5,8-9H2. The molecule has 0 amide bonds. The molecule has 3 aliphatic heterocycles. The highest BCUT2D eigenvalue weighted by Crippen LogP contribution is 2.45. The van der Waals surface area contributed by atoms with E-state index in [1.165, 1.54) is 5.56 Å². The molecule has 3 aliphatic rings. The summed E-state index contributed by atoms with van der Waals surface area (Å²) in [7, 11) is 0. The fourth-order valence-corrected chi connectivity index (χ4v) is 4.82. The third-order valence-electron chi connectivity index (χ3n) is 6.09. The van der Waals surface area contributed by atoms with Crippen LogP contribution >= 0.6 is 0 Å². The van der Waals surface area contributed by atoms with Gasteiger partial charge in [0.05, 0.1) is 11.8 Å². The Balaban J connectivity index is 1.66. The van der Waals surface area contributed by atoms with Crippen molar-refractivity contribution >= 4 is 17.7 Å². The predicted molar refractivity (Wildman–Crippen MR) is 105 cm³/mol. The zero-order valence-electron chi connectivity index (χ0n) is 15.1. The Morgan fingerprint density at radius 2 is 1.89 bits per heavy atom. The summed E-state index contributed by atoms with van der Waals surface area (Å²) in [6.07, 6.45) is 6.89. The first-order valence-corrected chi connectivity index (χ1v) is 9.65. The largest absolute Gasteiger partial charge is 0.377 e. The number of hydrazone groups is 1. The van der Waals surface area contributed by atoms with Gasteiger partial charge in [-0.05, 0) is 61.2 Å². The van der Waals surface area contributed by atoms with Crippen molar-refractivity contribution in [1.82, 2.24) is 15.7 Å². The second kappa shape index (κ2) is 6.78. The molecule has 3 atom stereocenters. The van der Waals surface area contributed by atoms with Gasteiger partial charge >= 0.3 is 0 Å². The van der Waals surface area contributed by atoms with Crippen LogP contribution in [-0.4, -0.2) is 30.1 Å². The van der Waals surface area contributed by atoms with Gasteiger partial charge < -0.3 is 15.4 Å². The summed E-state index contributed by atoms with van der Waals surface area (Å²) in [6, 6.07) is 10.1. The van der Waals surface area contributed by atoms with Crippen LogP contribution in [0.2, 0.25) is 0 Å². The molecule has 1 aromatic carbocycles. The van der Waals surface area contributed by atoms with Gasteiger partial charge in [-0.3, -0.25) is 10.4 Å². The van der Waals surface area contributed by atoms with E-state index in [4.69, 9.17) is 5.10 Å². The number of hydrogen-bond acceptors (Lipinski definition) is 6. The number of aldehydes is 1. The van der Waals surface area contributed by atoms with Crippen LogP contribution in [0.4, 0.5) is 5.69 Å². The number of nitrogens with one attached hydrogen (secondary N) is 3. The van der Waals surface area contributed by atoms with Crippen molar-refractivity contribution in [2.24, 2.45) is 16.9 Å². The Labute approximate surface area is 158 Å². The van der Waals surface area contributed by atoms with E-state index < -0.39 is 0 Å². The molecule has 138 valence electrons. The number of piperidine rings is 1. The Hall–Kier alpha value is -2.73. The predicted octanol–water partition coefficient (Wildman–Crippen LogP) is 2.41. The van der Waals surface area contributed by atoms with Crippen molar-refractivity contribution in [3.63, 3.8) is 0 Å². The van der Waals surface area contributed by atoms with E-state index >= 15 is 0 Å². The van der Waals surface area contributed by atoms with Gasteiger partial charge in [-0.15, -0.1) is 0 Å². The van der Waals surface area contributed by atoms with Crippen LogP contribution < -0.4 is 16.1 Å². The highest BCUT2D eigenvalue weighted by atomic mass is 16.1. The monoisotopic (exact) mass is 361 g/mol. The highest BCUT2D eigenvalue weighted by molar-refractivity contribution is 6.11. The Bertz CT molecular complexity index is 875. The average molecular weight is 361 g/mol. The number of carbonyl (C=O) groups excluding carboxylic acids is 1. The number of rotatable bonds is 3. The van der Waals surface area contributed by atoms with Gasteiger partial charge in [-0.2, -0.15) is 5.10 Å². The highest BCUT2D eigenvalue weighted by Gasteiger charge is 2.43. The Morgan fingerprint density at radius 1 is 1.07 bits per heavy atom. The number of aromatic nitrogens is 1. The molecule has 5 rings (SSSR count). The summed E-state index contributed by atoms with van der Waals surface area (Å²) in [5, 5.41) is 12.0. The van der Waals surface area contributed by atoms with Crippen LogP contribution in [0.1, 0.15) is 41.6 Å². The lowest BCUT2D eigenvalue weighted by Crippen LogP contribution is -2.45. The molecule has 27 heavy (non-hydrogen) atoms. The van der Waals surface area contributed by atoms with E-state index in [1.807, 2.05) is 24.5 Å². The smallest absolute Gasteiger partial charge is 0.148 e. The number of hydrogen-bond donors (Lipinski definition) is 3. The first-order chi connectivity index (χ1) is 13.4. The molecule has 6 heteroatoms. The first kappa shape index (κ1) is 16.4. The fourth-order valence-electron chi connectivity index (χ4n) is 4.82. The van der Waals surface area contributed by atoms with E-state index in [0.717, 1.165) is 54.7 Å². The quantitative estimate of drug-likeness (QED) is 0.732. The first-order valence-electron chi connectivity index (χ1n) is 9.65. The topological polar surface area (TPSA) is 78.4 Å². The molecule has 0 aliphatic carbocycles. The molecule has 0 radical (unpaired) electrons. The molecule has 2 aromatic rings. The lowest BCUT2D eigenvalue weighted by Gasteiger charge is -2.43. The number of anilines is 1. The summed E-state index contributed by atoms with van der Waals surface area (Å²) in [5.41, 5.74) is 8.60. The van der Waals surface area contributed by atoms with E-state index in [2.05, 4.69) is 39.2 Å². The van der Waals surface area contributed by atoms with Crippen LogP contribution in [-0.2, 0) is 4.79 Å². The molecule has 6 nitrogen and oxygen atoms in total. The van der Waals surface area contributed by atoms with Crippen LogP contribution in [0.15, 0.2) is 47.8 Å². The maximum absolute atomic E-state index is 11.5. The third-order valence-corrected chi connectivity index (χ3v) is 6.09. The van der Waals surface area contributed by atoms with E-state index in [9.17, 15) is 4.79 Å². The molecule has 0 bridgehead atoms. The van der Waals surface area contributed by atoms with Gasteiger partial charge in [0.15, 0.2) is 0 Å². The van der Waals surface area contributed by atoms with Crippen LogP contribution in [0, 0.1) is 11.8 Å². The number of pyridine rings is 1. The molecule has 3 unspecified atom stereocenters. The Morgan fingerprint density at radius 3 is 2.67 bits per heavy atom. The summed E-state index contributed by atoms with van der Waals surface area (Å²) in [5.74, 6) is 0.787. The molecule has 1 saturated heterocycles. The molecule has 0 saturated carbocycles. The van der Waals surface area contributed by atoms with Crippen molar-refractivity contribution in [3.05, 3.63) is 59.4 Å². The number of carbonyl (C=O) groups is 1. The SMILES string of the molecule is O=CC1NN=C2c3c(cccc31)NC(c1ccncc1)C2C1CCNCC1. The van der Waals surface area contributed by atoms with Crippen LogP contribution in [0.5, 0.6) is 0 Å². The van der Waals surface area contributed by atoms with Crippen molar-refractivity contribution in [2.45, 2.75) is 24.9 Å². The molecule has 1 aromatic heterocycles. The minimum Gasteiger partial charge on any atom is -0.377 e. The average Bonchev–Trinajstić information content (AvgIpc) is 2.75.